The van der Waals surface area contributed by atoms with E-state index in [4.69, 9.17) is 16.3 Å². The van der Waals surface area contributed by atoms with Crippen molar-refractivity contribution in [2.24, 2.45) is 0 Å². The largest absolute Gasteiger partial charge is 0.380 e. The summed E-state index contributed by atoms with van der Waals surface area (Å²) in [4.78, 5) is 3.66. The van der Waals surface area contributed by atoms with Crippen LogP contribution < -0.4 is 4.72 Å². The Labute approximate surface area is 97.5 Å². The highest BCUT2D eigenvalue weighted by Gasteiger charge is 2.16. The van der Waals surface area contributed by atoms with Gasteiger partial charge in [-0.2, -0.15) is 0 Å². The molecular weight excluding hydrogens is 260 g/mol. The third-order valence-corrected chi connectivity index (χ3v) is 4.50. The van der Waals surface area contributed by atoms with Gasteiger partial charge in [0.2, 0.25) is 0 Å². The summed E-state index contributed by atoms with van der Waals surface area (Å²) in [7, 11) is -3.48. The maximum absolute atomic E-state index is 11.6. The molecule has 0 aliphatic rings. The highest BCUT2D eigenvalue weighted by molar-refractivity contribution is 7.91. The third kappa shape index (κ3) is 4.04. The number of sulfonamides is 1. The molecule has 0 atom stereocenters. The molecule has 0 fully saturated rings. The maximum atomic E-state index is 11.6. The minimum absolute atomic E-state index is 0.115. The molecule has 0 spiro atoms. The summed E-state index contributed by atoms with van der Waals surface area (Å²) in [5, 5.41) is 0. The number of nitrogens with zero attached hydrogens (tertiary/aromatic N) is 1. The summed E-state index contributed by atoms with van der Waals surface area (Å²) in [5.41, 5.74) is 0. The molecule has 1 rings (SSSR count). The Morgan fingerprint density at radius 2 is 2.40 bits per heavy atom. The predicted octanol–water partition coefficient (Wildman–Crippen LogP) is 1.11. The molecule has 0 bridgehead atoms. The monoisotopic (exact) mass is 270 g/mol. The first-order valence-corrected chi connectivity index (χ1v) is 6.92. The minimum Gasteiger partial charge on any atom is -0.380 e. The third-order valence-electron chi connectivity index (χ3n) is 1.46. The van der Waals surface area contributed by atoms with E-state index >= 15 is 0 Å². The minimum atomic E-state index is -3.48. The van der Waals surface area contributed by atoms with E-state index in [2.05, 4.69) is 9.71 Å². The second kappa shape index (κ2) is 5.76. The van der Waals surface area contributed by atoms with Crippen LogP contribution in [-0.2, 0) is 14.8 Å². The van der Waals surface area contributed by atoms with Crippen molar-refractivity contribution in [3.05, 3.63) is 10.7 Å². The van der Waals surface area contributed by atoms with Crippen LogP contribution in [0.2, 0.25) is 4.47 Å². The van der Waals surface area contributed by atoms with Gasteiger partial charge in [-0.1, -0.05) is 22.9 Å². The molecule has 0 aliphatic carbocycles. The first kappa shape index (κ1) is 12.9. The van der Waals surface area contributed by atoms with E-state index in [0.717, 1.165) is 11.3 Å². The molecule has 1 heterocycles. The van der Waals surface area contributed by atoms with E-state index in [9.17, 15) is 8.42 Å². The van der Waals surface area contributed by atoms with Gasteiger partial charge >= 0.3 is 0 Å². The van der Waals surface area contributed by atoms with Crippen molar-refractivity contribution >= 4 is 33.0 Å². The zero-order valence-electron chi connectivity index (χ0n) is 8.07. The van der Waals surface area contributed by atoms with E-state index < -0.39 is 10.0 Å². The Bertz CT molecular complexity index is 404. The smallest absolute Gasteiger partial charge is 0.251 e. The number of ether oxygens (including phenoxy) is 1. The van der Waals surface area contributed by atoms with Gasteiger partial charge in [0, 0.05) is 13.2 Å². The van der Waals surface area contributed by atoms with Crippen LogP contribution in [-0.4, -0.2) is 33.2 Å². The number of hydrogen-bond acceptors (Lipinski definition) is 5. The number of hydrogen-bond donors (Lipinski definition) is 1. The van der Waals surface area contributed by atoms with E-state index in [1.54, 1.807) is 0 Å². The SMILES string of the molecule is CCOCCNS(=O)(=O)c1cnc(Cl)s1. The number of thiazole rings is 1. The van der Waals surface area contributed by atoms with E-state index in [1.807, 2.05) is 6.92 Å². The van der Waals surface area contributed by atoms with Gasteiger partial charge in [0.1, 0.15) is 0 Å². The normalized spacial score (nSPS) is 11.9. The first-order valence-electron chi connectivity index (χ1n) is 4.25. The van der Waals surface area contributed by atoms with Gasteiger partial charge in [0.25, 0.3) is 10.0 Å². The second-order valence-electron chi connectivity index (χ2n) is 2.53. The van der Waals surface area contributed by atoms with Crippen LogP contribution in [0.4, 0.5) is 0 Å². The van der Waals surface area contributed by atoms with Crippen LogP contribution in [0.15, 0.2) is 10.4 Å². The quantitative estimate of drug-likeness (QED) is 0.787. The van der Waals surface area contributed by atoms with Crippen molar-refractivity contribution in [3.8, 4) is 0 Å². The van der Waals surface area contributed by atoms with Crippen LogP contribution in [0.3, 0.4) is 0 Å². The van der Waals surface area contributed by atoms with Crippen molar-refractivity contribution in [1.82, 2.24) is 9.71 Å². The van der Waals surface area contributed by atoms with Gasteiger partial charge in [0.05, 0.1) is 12.8 Å². The fraction of sp³-hybridized carbons (Fsp3) is 0.571. The highest BCUT2D eigenvalue weighted by Crippen LogP contribution is 2.21. The van der Waals surface area contributed by atoms with Crippen molar-refractivity contribution in [2.45, 2.75) is 11.1 Å². The summed E-state index contributed by atoms with van der Waals surface area (Å²) in [6.07, 6.45) is 1.23. The molecule has 0 aromatic carbocycles. The Balaban J connectivity index is 2.53. The van der Waals surface area contributed by atoms with Crippen molar-refractivity contribution in [3.63, 3.8) is 0 Å². The molecule has 86 valence electrons. The molecule has 8 heteroatoms. The lowest BCUT2D eigenvalue weighted by Gasteiger charge is -2.03. The first-order chi connectivity index (χ1) is 7.06. The average molecular weight is 271 g/mol. The molecule has 15 heavy (non-hydrogen) atoms. The number of aromatic nitrogens is 1. The molecule has 5 nitrogen and oxygen atoms in total. The molecule has 0 unspecified atom stereocenters. The Morgan fingerprint density at radius 1 is 1.67 bits per heavy atom. The molecule has 0 amide bonds. The van der Waals surface area contributed by atoms with E-state index in [-0.39, 0.29) is 15.2 Å². The lowest BCUT2D eigenvalue weighted by Crippen LogP contribution is -2.26. The van der Waals surface area contributed by atoms with Crippen LogP contribution in [0.25, 0.3) is 0 Å². The van der Waals surface area contributed by atoms with Gasteiger partial charge in [-0.3, -0.25) is 0 Å². The number of nitrogens with one attached hydrogen (secondary N) is 1. The van der Waals surface area contributed by atoms with Crippen molar-refractivity contribution in [2.75, 3.05) is 19.8 Å². The Hall–Kier alpha value is -0.210. The van der Waals surface area contributed by atoms with Crippen LogP contribution in [0.1, 0.15) is 6.92 Å². The lowest BCUT2D eigenvalue weighted by atomic mass is 10.7. The van der Waals surface area contributed by atoms with Gasteiger partial charge in [-0.05, 0) is 6.92 Å². The zero-order chi connectivity index (χ0) is 11.3. The molecule has 1 aromatic rings. The molecule has 0 saturated heterocycles. The highest BCUT2D eigenvalue weighted by atomic mass is 35.5. The summed E-state index contributed by atoms with van der Waals surface area (Å²) in [5.74, 6) is 0. The summed E-state index contributed by atoms with van der Waals surface area (Å²) in [6.45, 7) is 3.00. The number of halogens is 1. The molecule has 1 N–H and O–H groups in total. The molecule has 0 saturated carbocycles. The van der Waals surface area contributed by atoms with Crippen LogP contribution >= 0.6 is 22.9 Å². The maximum Gasteiger partial charge on any atom is 0.251 e. The van der Waals surface area contributed by atoms with Gasteiger partial charge in [-0.25, -0.2) is 18.1 Å². The standard InChI is InChI=1S/C7H11ClN2O3S2/c1-2-13-4-3-10-15(11,12)6-5-9-7(8)14-6/h5,10H,2-4H2,1H3. The van der Waals surface area contributed by atoms with Crippen molar-refractivity contribution in [1.29, 1.82) is 0 Å². The zero-order valence-corrected chi connectivity index (χ0v) is 10.5. The Morgan fingerprint density at radius 3 is 2.93 bits per heavy atom. The number of rotatable bonds is 6. The van der Waals surface area contributed by atoms with Gasteiger partial charge in [0.15, 0.2) is 8.68 Å². The fourth-order valence-electron chi connectivity index (χ4n) is 0.827. The van der Waals surface area contributed by atoms with Crippen molar-refractivity contribution < 1.29 is 13.2 Å². The lowest BCUT2D eigenvalue weighted by molar-refractivity contribution is 0.153. The molecule has 1 aromatic heterocycles. The second-order valence-corrected chi connectivity index (χ2v) is 6.13. The molecular formula is C7H11ClN2O3S2. The van der Waals surface area contributed by atoms with E-state index in [1.165, 1.54) is 6.20 Å². The fourth-order valence-corrected chi connectivity index (χ4v) is 3.18. The van der Waals surface area contributed by atoms with E-state index in [0.29, 0.717) is 13.2 Å². The summed E-state index contributed by atoms with van der Waals surface area (Å²) >= 11 is 6.46. The van der Waals surface area contributed by atoms with Crippen LogP contribution in [0.5, 0.6) is 0 Å². The molecule has 0 aliphatic heterocycles. The van der Waals surface area contributed by atoms with Crippen LogP contribution in [0, 0.1) is 0 Å². The average Bonchev–Trinajstić information content (AvgIpc) is 2.60. The summed E-state index contributed by atoms with van der Waals surface area (Å²) < 4.78 is 30.8. The van der Waals surface area contributed by atoms with Gasteiger partial charge in [-0.15, -0.1) is 0 Å². The Kier molecular flexibility index (Phi) is 4.94. The van der Waals surface area contributed by atoms with Gasteiger partial charge < -0.3 is 4.74 Å². The summed E-state index contributed by atoms with van der Waals surface area (Å²) in [6, 6.07) is 0. The topological polar surface area (TPSA) is 68.3 Å². The molecule has 0 radical (unpaired) electrons. The predicted molar refractivity (Wildman–Crippen MR) is 58.8 cm³/mol.